The van der Waals surface area contributed by atoms with Gasteiger partial charge in [0, 0.05) is 6.07 Å². The summed E-state index contributed by atoms with van der Waals surface area (Å²) in [5, 5.41) is 20.5. The van der Waals surface area contributed by atoms with Crippen LogP contribution >= 0.6 is 0 Å². The van der Waals surface area contributed by atoms with Gasteiger partial charge in [-0.2, -0.15) is 0 Å². The highest BCUT2D eigenvalue weighted by Gasteiger charge is 2.36. The van der Waals surface area contributed by atoms with Gasteiger partial charge in [0.1, 0.15) is 0 Å². The van der Waals surface area contributed by atoms with E-state index in [2.05, 4.69) is 0 Å². The number of benzene rings is 2. The number of sulfonamides is 1. The molecule has 1 unspecified atom stereocenters. The van der Waals surface area contributed by atoms with Gasteiger partial charge in [-0.15, -0.1) is 0 Å². The number of rotatable bonds is 7. The fourth-order valence-corrected chi connectivity index (χ4v) is 4.21. The average molecular weight is 392 g/mol. The van der Waals surface area contributed by atoms with Crippen molar-refractivity contribution in [1.82, 2.24) is 4.31 Å². The minimum Gasteiger partial charge on any atom is -0.394 e. The van der Waals surface area contributed by atoms with Gasteiger partial charge in [-0.3, -0.25) is 14.9 Å². The van der Waals surface area contributed by atoms with Crippen LogP contribution in [-0.2, 0) is 14.8 Å². The van der Waals surface area contributed by atoms with Gasteiger partial charge in [0.05, 0.1) is 24.0 Å². The molecule has 0 saturated heterocycles. The molecule has 27 heavy (non-hydrogen) atoms. The number of hydrogen-bond donors (Lipinski definition) is 1. The first-order valence-electron chi connectivity index (χ1n) is 8.17. The number of para-hydroxylation sites is 1. The zero-order valence-electron chi connectivity index (χ0n) is 14.9. The number of amides is 1. The normalized spacial score (nSPS) is 12.4. The Morgan fingerprint density at radius 3 is 2.33 bits per heavy atom. The van der Waals surface area contributed by atoms with Crippen molar-refractivity contribution in [3.63, 3.8) is 0 Å². The molecule has 0 bridgehead atoms. The highest BCUT2D eigenvalue weighted by atomic mass is 32.2. The molecule has 0 fully saturated rings. The van der Waals surface area contributed by atoms with Crippen molar-refractivity contribution >= 4 is 21.6 Å². The van der Waals surface area contributed by atoms with Gasteiger partial charge in [-0.25, -0.2) is 12.7 Å². The third-order valence-electron chi connectivity index (χ3n) is 4.13. The molecule has 0 aliphatic rings. The summed E-state index contributed by atoms with van der Waals surface area (Å²) in [6, 6.07) is 11.8. The van der Waals surface area contributed by atoms with Crippen LogP contribution in [0, 0.1) is 17.0 Å². The van der Waals surface area contributed by atoms with Crippen molar-refractivity contribution in [2.75, 3.05) is 13.2 Å². The fraction of sp³-hybridized carbons (Fsp3) is 0.278. The van der Waals surface area contributed by atoms with E-state index in [0.29, 0.717) is 9.87 Å². The van der Waals surface area contributed by atoms with E-state index < -0.39 is 50.5 Å². The predicted molar refractivity (Wildman–Crippen MR) is 98.7 cm³/mol. The molecular formula is C18H20N2O6S. The summed E-state index contributed by atoms with van der Waals surface area (Å²) >= 11 is 0. The molecule has 9 heteroatoms. The molecule has 0 spiro atoms. The predicted octanol–water partition coefficient (Wildman–Crippen LogP) is 2.22. The lowest BCUT2D eigenvalue weighted by Gasteiger charge is -2.25. The Balaban J connectivity index is 2.48. The van der Waals surface area contributed by atoms with Crippen molar-refractivity contribution in [2.45, 2.75) is 24.7 Å². The summed E-state index contributed by atoms with van der Waals surface area (Å²) in [4.78, 5) is 22.7. The molecule has 0 aliphatic carbocycles. The zero-order valence-corrected chi connectivity index (χ0v) is 15.7. The molecule has 8 nitrogen and oxygen atoms in total. The molecule has 2 aromatic rings. The number of nitrogens with zero attached hydrogens (tertiary/aromatic N) is 2. The second kappa shape index (κ2) is 8.28. The zero-order chi connectivity index (χ0) is 20.2. The van der Waals surface area contributed by atoms with Crippen LogP contribution in [0.4, 0.5) is 5.69 Å². The highest BCUT2D eigenvalue weighted by molar-refractivity contribution is 7.89. The second-order valence-corrected chi connectivity index (χ2v) is 7.83. The van der Waals surface area contributed by atoms with Crippen molar-refractivity contribution in [3.8, 4) is 0 Å². The number of carbonyl (C=O) groups excluding carboxylic acids is 1. The molecule has 0 heterocycles. The Hall–Kier alpha value is -2.78. The van der Waals surface area contributed by atoms with E-state index in [0.717, 1.165) is 17.7 Å². The molecular weight excluding hydrogens is 372 g/mol. The largest absolute Gasteiger partial charge is 0.394 e. The Kier molecular flexibility index (Phi) is 6.29. The van der Waals surface area contributed by atoms with E-state index in [4.69, 9.17) is 0 Å². The van der Waals surface area contributed by atoms with Crippen molar-refractivity contribution in [2.24, 2.45) is 0 Å². The molecule has 2 aromatic carbocycles. The van der Waals surface area contributed by atoms with E-state index in [1.807, 2.05) is 6.92 Å². The number of aliphatic hydroxyl groups excluding tert-OH is 1. The van der Waals surface area contributed by atoms with Crippen LogP contribution in [0.2, 0.25) is 0 Å². The summed E-state index contributed by atoms with van der Waals surface area (Å²) in [6.07, 6.45) is 0. The minimum absolute atomic E-state index is 0.497. The lowest BCUT2D eigenvalue weighted by molar-refractivity contribution is -0.387. The maximum Gasteiger partial charge on any atom is 0.289 e. The van der Waals surface area contributed by atoms with Crippen LogP contribution in [0.25, 0.3) is 0 Å². The number of aryl methyl sites for hydroxylation is 1. The van der Waals surface area contributed by atoms with Crippen LogP contribution in [0.5, 0.6) is 0 Å². The van der Waals surface area contributed by atoms with Crippen molar-refractivity contribution in [3.05, 3.63) is 69.8 Å². The topological polar surface area (TPSA) is 118 Å². The minimum atomic E-state index is -4.52. The number of aliphatic hydroxyl groups is 1. The quantitative estimate of drug-likeness (QED) is 0.570. The van der Waals surface area contributed by atoms with E-state index in [9.17, 15) is 28.4 Å². The van der Waals surface area contributed by atoms with Crippen LogP contribution in [0.15, 0.2) is 53.4 Å². The van der Waals surface area contributed by atoms with E-state index in [-0.39, 0.29) is 0 Å². The van der Waals surface area contributed by atoms with Gasteiger partial charge >= 0.3 is 0 Å². The highest BCUT2D eigenvalue weighted by Crippen LogP contribution is 2.29. The molecule has 1 N–H and O–H groups in total. The van der Waals surface area contributed by atoms with Crippen LogP contribution in [0.3, 0.4) is 0 Å². The first kappa shape index (κ1) is 20.5. The molecule has 0 radical (unpaired) electrons. The van der Waals surface area contributed by atoms with Gasteiger partial charge in [0.15, 0.2) is 4.90 Å². The first-order chi connectivity index (χ1) is 12.7. The average Bonchev–Trinajstić information content (AvgIpc) is 2.65. The molecule has 0 aliphatic heterocycles. The number of nitro groups is 1. The van der Waals surface area contributed by atoms with Gasteiger partial charge in [-0.1, -0.05) is 42.0 Å². The van der Waals surface area contributed by atoms with Crippen molar-refractivity contribution < 1.29 is 23.2 Å². The van der Waals surface area contributed by atoms with E-state index in [1.54, 1.807) is 31.2 Å². The Morgan fingerprint density at radius 1 is 1.19 bits per heavy atom. The van der Waals surface area contributed by atoms with Crippen LogP contribution in [0.1, 0.15) is 24.0 Å². The summed E-state index contributed by atoms with van der Waals surface area (Å²) in [5.74, 6) is -1.58. The maximum absolute atomic E-state index is 13.0. The molecule has 0 saturated carbocycles. The molecule has 1 atom stereocenters. The first-order valence-corrected chi connectivity index (χ1v) is 9.61. The number of nitro benzene ring substituents is 1. The van der Waals surface area contributed by atoms with Crippen LogP contribution in [-0.4, -0.2) is 41.8 Å². The molecule has 0 aromatic heterocycles. The maximum atomic E-state index is 13.0. The Morgan fingerprint density at radius 2 is 1.78 bits per heavy atom. The number of carbonyl (C=O) groups is 1. The van der Waals surface area contributed by atoms with E-state index >= 15 is 0 Å². The number of hydrogen-bond acceptors (Lipinski definition) is 6. The lowest BCUT2D eigenvalue weighted by Crippen LogP contribution is -2.41. The summed E-state index contributed by atoms with van der Waals surface area (Å²) in [7, 11) is -4.52. The van der Waals surface area contributed by atoms with Crippen LogP contribution < -0.4 is 0 Å². The van der Waals surface area contributed by atoms with Gasteiger partial charge in [0.2, 0.25) is 5.91 Å². The van der Waals surface area contributed by atoms with Gasteiger partial charge < -0.3 is 5.11 Å². The Bertz CT molecular complexity index is 941. The van der Waals surface area contributed by atoms with Crippen molar-refractivity contribution in [1.29, 1.82) is 0 Å². The standard InChI is InChI=1S/C18H20N2O6S/c1-13-7-9-15(10-8-13)14(2)18(22)19(11-12-21)27(25,26)17-6-4-3-5-16(17)20(23)24/h3-10,14,21H,11-12H2,1-2H3. The summed E-state index contributed by atoms with van der Waals surface area (Å²) in [5.41, 5.74) is 0.959. The SMILES string of the molecule is Cc1ccc(C(C)C(=O)N(CCO)S(=O)(=O)c2ccccc2[N+](=O)[O-])cc1. The molecule has 1 amide bonds. The summed E-state index contributed by atoms with van der Waals surface area (Å²) in [6.45, 7) is 2.33. The second-order valence-electron chi connectivity index (χ2n) is 6.00. The third-order valence-corrected chi connectivity index (χ3v) is 5.97. The monoisotopic (exact) mass is 392 g/mol. The molecule has 144 valence electrons. The summed E-state index contributed by atoms with van der Waals surface area (Å²) < 4.78 is 26.4. The fourth-order valence-electron chi connectivity index (χ4n) is 2.60. The lowest BCUT2D eigenvalue weighted by atomic mass is 9.99. The molecule has 2 rings (SSSR count). The smallest absolute Gasteiger partial charge is 0.289 e. The third kappa shape index (κ3) is 4.32. The van der Waals surface area contributed by atoms with Gasteiger partial charge in [-0.05, 0) is 25.5 Å². The van der Waals surface area contributed by atoms with E-state index in [1.165, 1.54) is 12.1 Å². The van der Waals surface area contributed by atoms with Gasteiger partial charge in [0.25, 0.3) is 15.7 Å². The Labute approximate surface area is 157 Å².